The molecule has 0 heterocycles. The molecule has 4 atom stereocenters. The molecule has 0 aromatic heterocycles. The lowest BCUT2D eigenvalue weighted by Gasteiger charge is -2.50. The number of carbonyl (C=O) groups is 3. The van der Waals surface area contributed by atoms with Crippen LogP contribution < -0.4 is 10.5 Å². The summed E-state index contributed by atoms with van der Waals surface area (Å²) in [5.41, 5.74) is 3.58. The maximum absolute atomic E-state index is 13.9. The summed E-state index contributed by atoms with van der Waals surface area (Å²) in [5, 5.41) is 44.7. The fourth-order valence-corrected chi connectivity index (χ4v) is 7.01. The lowest BCUT2D eigenvalue weighted by atomic mass is 9.57. The minimum absolute atomic E-state index is 0.0297. The number of nitrogens with one attached hydrogen (secondary N) is 1. The van der Waals surface area contributed by atoms with Crippen molar-refractivity contribution in [2.24, 2.45) is 17.6 Å². The van der Waals surface area contributed by atoms with E-state index in [2.05, 4.69) is 4.72 Å². The molecule has 13 heteroatoms. The quantitative estimate of drug-likeness (QED) is 0.275. The maximum atomic E-state index is 13.9. The van der Waals surface area contributed by atoms with Gasteiger partial charge in [0.05, 0.1) is 17.9 Å². The average molecular weight is 584 g/mol. The number of carbonyl (C=O) groups excluding carboxylic acids is 3. The van der Waals surface area contributed by atoms with Crippen molar-refractivity contribution in [1.29, 1.82) is 0 Å². The van der Waals surface area contributed by atoms with E-state index in [0.717, 1.165) is 6.26 Å². The van der Waals surface area contributed by atoms with E-state index in [1.54, 1.807) is 30.3 Å². The zero-order valence-electron chi connectivity index (χ0n) is 22.4. The van der Waals surface area contributed by atoms with E-state index in [-0.39, 0.29) is 29.7 Å². The van der Waals surface area contributed by atoms with Crippen LogP contribution >= 0.6 is 0 Å². The van der Waals surface area contributed by atoms with Crippen LogP contribution in [-0.4, -0.2) is 83.2 Å². The predicted octanol–water partition coefficient (Wildman–Crippen LogP) is 1.00. The number of anilines is 1. The Bertz CT molecular complexity index is 1690. The number of Topliss-reactive ketones (excluding diaryl/α,β-unsaturated/α-hetero) is 2. The van der Waals surface area contributed by atoms with Crippen LogP contribution in [0.2, 0.25) is 0 Å². The molecule has 4 unspecified atom stereocenters. The molecule has 2 aromatic rings. The van der Waals surface area contributed by atoms with Crippen molar-refractivity contribution in [3.63, 3.8) is 0 Å². The minimum Gasteiger partial charge on any atom is -0.508 e. The Morgan fingerprint density at radius 1 is 1.07 bits per heavy atom. The number of nitrogens with zero attached hydrogens (tertiary/aromatic N) is 1. The first-order chi connectivity index (χ1) is 19.1. The number of phenols is 1. The van der Waals surface area contributed by atoms with Crippen molar-refractivity contribution in [1.82, 2.24) is 4.90 Å². The van der Waals surface area contributed by atoms with E-state index in [9.17, 15) is 43.2 Å². The molecule has 5 rings (SSSR count). The van der Waals surface area contributed by atoms with Crippen molar-refractivity contribution in [2.45, 2.75) is 24.5 Å². The molecule has 3 aliphatic carbocycles. The Balaban J connectivity index is 1.67. The zero-order chi connectivity index (χ0) is 30.2. The third kappa shape index (κ3) is 4.28. The molecule has 0 saturated heterocycles. The molecule has 2 aromatic carbocycles. The molecule has 1 amide bonds. The lowest BCUT2D eigenvalue weighted by Crippen LogP contribution is -2.65. The second-order valence-corrected chi connectivity index (χ2v) is 12.6. The van der Waals surface area contributed by atoms with Crippen molar-refractivity contribution < 1.29 is 43.2 Å². The van der Waals surface area contributed by atoms with Gasteiger partial charge in [0.15, 0.2) is 11.4 Å². The first kappa shape index (κ1) is 28.3. The highest BCUT2D eigenvalue weighted by atomic mass is 32.2. The van der Waals surface area contributed by atoms with Gasteiger partial charge in [0.25, 0.3) is 5.91 Å². The van der Waals surface area contributed by atoms with Crippen molar-refractivity contribution >= 4 is 38.9 Å². The molecule has 0 radical (unpaired) electrons. The predicted molar refractivity (Wildman–Crippen MR) is 148 cm³/mol. The van der Waals surface area contributed by atoms with E-state index < -0.39 is 68.1 Å². The number of hydrogen-bond acceptors (Lipinski definition) is 10. The van der Waals surface area contributed by atoms with Gasteiger partial charge < -0.3 is 26.2 Å². The van der Waals surface area contributed by atoms with E-state index in [1.165, 1.54) is 25.1 Å². The summed E-state index contributed by atoms with van der Waals surface area (Å²) in [6, 6.07) is 8.24. The van der Waals surface area contributed by atoms with Gasteiger partial charge in [-0.25, -0.2) is 8.42 Å². The number of amides is 1. The van der Waals surface area contributed by atoms with Gasteiger partial charge in [0, 0.05) is 17.2 Å². The number of fused-ring (bicyclic) bond motifs is 3. The largest absolute Gasteiger partial charge is 0.508 e. The van der Waals surface area contributed by atoms with Gasteiger partial charge in [-0.15, -0.1) is 0 Å². The Morgan fingerprint density at radius 2 is 1.71 bits per heavy atom. The summed E-state index contributed by atoms with van der Waals surface area (Å²) in [4.78, 5) is 40.7. The van der Waals surface area contributed by atoms with Gasteiger partial charge in [-0.1, -0.05) is 18.2 Å². The molecule has 0 spiro atoms. The second kappa shape index (κ2) is 9.43. The Hall–Kier alpha value is -4.20. The number of phenolic OH excluding ortho intramolecular Hbond substituents is 1. The van der Waals surface area contributed by atoms with Crippen LogP contribution in [0.15, 0.2) is 53.3 Å². The van der Waals surface area contributed by atoms with Crippen LogP contribution in [0.4, 0.5) is 5.69 Å². The number of nitrogens with two attached hydrogens (primary N) is 1. The standard InChI is InChI=1S/C28H29N3O9S/c1-31(2)22-17-11-13-10-16-15(12-4-6-14(7-5-12)30-41(3,39)40)8-9-18(32)20(16)23(33)19(13)25(35)28(17,38)26(36)21(24(22)34)27(29)37/h4-9,13,17,22,30,32-33,36,38H,10-11H2,1-3H3,(H2,29,37). The van der Waals surface area contributed by atoms with Crippen LogP contribution in [0.5, 0.6) is 5.75 Å². The number of likely N-dealkylation sites (N-methyl/N-ethyl adjacent to an activating group) is 1. The molecular formula is C28H29N3O9S. The number of benzene rings is 2. The summed E-state index contributed by atoms with van der Waals surface area (Å²) < 4.78 is 25.5. The van der Waals surface area contributed by atoms with Crippen molar-refractivity contribution in [3.05, 3.63) is 64.4 Å². The molecule has 216 valence electrons. The molecule has 0 aliphatic heterocycles. The molecule has 12 nitrogen and oxygen atoms in total. The highest BCUT2D eigenvalue weighted by molar-refractivity contribution is 7.92. The number of aromatic hydroxyl groups is 1. The SMILES string of the molecule is CN(C)C1C(=O)C(C(N)=O)=C(O)C2(O)C(=O)C3=C(O)c4c(O)ccc(-c5ccc(NS(C)(=O)=O)cc5)c4CC3CC12. The van der Waals surface area contributed by atoms with Gasteiger partial charge in [0.2, 0.25) is 15.8 Å². The smallest absolute Gasteiger partial charge is 0.255 e. The van der Waals surface area contributed by atoms with Crippen molar-refractivity contribution in [2.75, 3.05) is 25.1 Å². The van der Waals surface area contributed by atoms with E-state index in [4.69, 9.17) is 5.73 Å². The van der Waals surface area contributed by atoms with E-state index in [1.807, 2.05) is 0 Å². The normalized spacial score (nSPS) is 26.0. The van der Waals surface area contributed by atoms with Gasteiger partial charge in [-0.3, -0.25) is 24.0 Å². The third-order valence-corrected chi connectivity index (χ3v) is 8.71. The topological polar surface area (TPSA) is 208 Å². The fourth-order valence-electron chi connectivity index (χ4n) is 6.45. The van der Waals surface area contributed by atoms with Crippen LogP contribution in [0.25, 0.3) is 16.9 Å². The monoisotopic (exact) mass is 583 g/mol. The molecule has 3 aliphatic rings. The number of ketones is 2. The summed E-state index contributed by atoms with van der Waals surface area (Å²) in [6.45, 7) is 0. The van der Waals surface area contributed by atoms with Crippen LogP contribution in [-0.2, 0) is 30.8 Å². The Labute approximate surface area is 235 Å². The van der Waals surface area contributed by atoms with Gasteiger partial charge >= 0.3 is 0 Å². The van der Waals surface area contributed by atoms with Gasteiger partial charge in [-0.05, 0) is 67.7 Å². The summed E-state index contributed by atoms with van der Waals surface area (Å²) in [5.74, 6) is -7.16. The summed E-state index contributed by atoms with van der Waals surface area (Å²) in [6.07, 6.45) is 1.13. The number of aliphatic hydroxyl groups is 3. The number of sulfonamides is 1. The summed E-state index contributed by atoms with van der Waals surface area (Å²) >= 11 is 0. The summed E-state index contributed by atoms with van der Waals surface area (Å²) in [7, 11) is -0.424. The van der Waals surface area contributed by atoms with Crippen molar-refractivity contribution in [3.8, 4) is 16.9 Å². The average Bonchev–Trinajstić information content (AvgIpc) is 2.85. The molecule has 0 bridgehead atoms. The molecular weight excluding hydrogens is 554 g/mol. The number of primary amides is 1. The first-order valence-corrected chi connectivity index (χ1v) is 14.5. The Kier molecular flexibility index (Phi) is 6.52. The van der Waals surface area contributed by atoms with Crippen LogP contribution in [0.3, 0.4) is 0 Å². The Morgan fingerprint density at radius 3 is 2.27 bits per heavy atom. The van der Waals surface area contributed by atoms with Crippen LogP contribution in [0, 0.1) is 11.8 Å². The number of hydrogen-bond donors (Lipinski definition) is 6. The first-order valence-electron chi connectivity index (χ1n) is 12.7. The van der Waals surface area contributed by atoms with Gasteiger partial charge in [-0.2, -0.15) is 0 Å². The molecule has 41 heavy (non-hydrogen) atoms. The highest BCUT2D eigenvalue weighted by Gasteiger charge is 2.64. The second-order valence-electron chi connectivity index (χ2n) is 10.9. The number of aliphatic hydroxyl groups excluding tert-OH is 2. The molecule has 1 saturated carbocycles. The maximum Gasteiger partial charge on any atom is 0.255 e. The zero-order valence-corrected chi connectivity index (χ0v) is 23.2. The fraction of sp³-hybridized carbons (Fsp3) is 0.321. The molecule has 7 N–H and O–H groups in total. The third-order valence-electron chi connectivity index (χ3n) is 8.10. The minimum atomic E-state index is -3.49. The number of rotatable bonds is 5. The lowest BCUT2D eigenvalue weighted by molar-refractivity contribution is -0.153. The van der Waals surface area contributed by atoms with Crippen LogP contribution in [0.1, 0.15) is 17.5 Å². The van der Waals surface area contributed by atoms with E-state index >= 15 is 0 Å². The van der Waals surface area contributed by atoms with Gasteiger partial charge in [0.1, 0.15) is 22.8 Å². The molecule has 1 fully saturated rings. The highest BCUT2D eigenvalue weighted by Crippen LogP contribution is 2.53. The van der Waals surface area contributed by atoms with E-state index in [0.29, 0.717) is 22.4 Å².